The van der Waals surface area contributed by atoms with E-state index < -0.39 is 5.97 Å². The van der Waals surface area contributed by atoms with E-state index in [1.165, 1.54) is 0 Å². The van der Waals surface area contributed by atoms with Crippen LogP contribution >= 0.6 is 0 Å². The van der Waals surface area contributed by atoms with Crippen molar-refractivity contribution in [3.05, 3.63) is 11.9 Å². The second-order valence-electron chi connectivity index (χ2n) is 3.42. The van der Waals surface area contributed by atoms with Gasteiger partial charge in [-0.15, -0.1) is 5.10 Å². The monoisotopic (exact) mass is 227 g/mol. The molecule has 0 unspecified atom stereocenters. The van der Waals surface area contributed by atoms with Gasteiger partial charge in [-0.1, -0.05) is 5.21 Å². The van der Waals surface area contributed by atoms with Crippen molar-refractivity contribution in [3.63, 3.8) is 0 Å². The number of aryl methyl sites for hydroxylation is 2. The molecule has 0 saturated carbocycles. The zero-order valence-corrected chi connectivity index (χ0v) is 9.43. The number of aliphatic carboxylic acids is 1. The summed E-state index contributed by atoms with van der Waals surface area (Å²) in [5.74, 6) is -0.814. The van der Waals surface area contributed by atoms with Gasteiger partial charge in [-0.05, 0) is 13.3 Å². The Morgan fingerprint density at radius 1 is 1.62 bits per heavy atom. The summed E-state index contributed by atoms with van der Waals surface area (Å²) in [5, 5.41) is 16.3. The first-order valence-corrected chi connectivity index (χ1v) is 5.41. The summed E-state index contributed by atoms with van der Waals surface area (Å²) in [4.78, 5) is 10.4. The number of rotatable bonds is 8. The number of hydrogen-bond acceptors (Lipinski definition) is 4. The molecular formula is C10H17N3O3. The van der Waals surface area contributed by atoms with E-state index in [1.807, 2.05) is 6.92 Å². The van der Waals surface area contributed by atoms with Gasteiger partial charge in [-0.2, -0.15) is 0 Å². The molecule has 1 rings (SSSR count). The molecule has 0 atom stereocenters. The van der Waals surface area contributed by atoms with Crippen LogP contribution in [-0.2, 0) is 22.5 Å². The van der Waals surface area contributed by atoms with Gasteiger partial charge >= 0.3 is 5.97 Å². The average Bonchev–Trinajstić information content (AvgIpc) is 2.70. The Kier molecular flexibility index (Phi) is 5.49. The van der Waals surface area contributed by atoms with Crippen molar-refractivity contribution in [2.45, 2.75) is 32.7 Å². The van der Waals surface area contributed by atoms with Crippen molar-refractivity contribution in [2.75, 3.05) is 13.2 Å². The van der Waals surface area contributed by atoms with E-state index in [9.17, 15) is 4.79 Å². The number of nitrogens with zero attached hydrogens (tertiary/aromatic N) is 3. The minimum Gasteiger partial charge on any atom is -0.481 e. The van der Waals surface area contributed by atoms with E-state index in [4.69, 9.17) is 9.84 Å². The lowest BCUT2D eigenvalue weighted by Crippen LogP contribution is -2.03. The van der Waals surface area contributed by atoms with Crippen molar-refractivity contribution in [2.24, 2.45) is 0 Å². The van der Waals surface area contributed by atoms with Gasteiger partial charge in [0.05, 0.1) is 12.1 Å². The Hall–Kier alpha value is -1.43. The van der Waals surface area contributed by atoms with Crippen LogP contribution in [0.15, 0.2) is 6.20 Å². The predicted molar refractivity (Wildman–Crippen MR) is 57.1 cm³/mol. The zero-order valence-electron chi connectivity index (χ0n) is 9.43. The molecule has 0 spiro atoms. The van der Waals surface area contributed by atoms with Crippen LogP contribution in [0, 0.1) is 0 Å². The van der Waals surface area contributed by atoms with Crippen molar-refractivity contribution >= 4 is 5.97 Å². The Labute approximate surface area is 94.2 Å². The third-order valence-corrected chi connectivity index (χ3v) is 2.06. The molecule has 1 aromatic heterocycles. The number of hydrogen-bond donors (Lipinski definition) is 1. The van der Waals surface area contributed by atoms with Gasteiger partial charge < -0.3 is 9.84 Å². The first-order valence-electron chi connectivity index (χ1n) is 5.41. The van der Waals surface area contributed by atoms with Crippen molar-refractivity contribution in [1.82, 2.24) is 15.0 Å². The maximum Gasteiger partial charge on any atom is 0.303 e. The lowest BCUT2D eigenvalue weighted by molar-refractivity contribution is -0.136. The molecule has 0 aliphatic heterocycles. The summed E-state index contributed by atoms with van der Waals surface area (Å²) in [5.41, 5.74) is 0.721. The lowest BCUT2D eigenvalue weighted by Gasteiger charge is -2.00. The van der Waals surface area contributed by atoms with Crippen LogP contribution < -0.4 is 0 Å². The van der Waals surface area contributed by atoms with Gasteiger partial charge in [0.15, 0.2) is 0 Å². The van der Waals surface area contributed by atoms with Crippen LogP contribution in [0.25, 0.3) is 0 Å². The van der Waals surface area contributed by atoms with Crippen LogP contribution in [0.4, 0.5) is 0 Å². The Bertz CT molecular complexity index is 325. The predicted octanol–water partition coefficient (Wildman–Crippen LogP) is 0.722. The molecule has 0 radical (unpaired) electrons. The Balaban J connectivity index is 2.25. The third kappa shape index (κ3) is 4.88. The molecule has 0 aliphatic carbocycles. The molecule has 16 heavy (non-hydrogen) atoms. The molecule has 1 heterocycles. The normalized spacial score (nSPS) is 10.6. The fraction of sp³-hybridized carbons (Fsp3) is 0.700. The summed E-state index contributed by atoms with van der Waals surface area (Å²) in [6.45, 7) is 4.14. The molecule has 90 valence electrons. The van der Waals surface area contributed by atoms with Crippen LogP contribution in [0.5, 0.6) is 0 Å². The quantitative estimate of drug-likeness (QED) is 0.662. The minimum absolute atomic E-state index is 0.0949. The van der Waals surface area contributed by atoms with Crippen LogP contribution in [-0.4, -0.2) is 39.3 Å². The van der Waals surface area contributed by atoms with Gasteiger partial charge in [0.2, 0.25) is 0 Å². The molecule has 0 fully saturated rings. The fourth-order valence-corrected chi connectivity index (χ4v) is 1.27. The van der Waals surface area contributed by atoms with Gasteiger partial charge in [-0.3, -0.25) is 9.48 Å². The SMILES string of the molecule is CCOCCCn1cc(CCC(=O)O)nn1. The highest BCUT2D eigenvalue weighted by Gasteiger charge is 2.03. The first-order chi connectivity index (χ1) is 7.72. The summed E-state index contributed by atoms with van der Waals surface area (Å²) in [6.07, 6.45) is 3.20. The molecule has 0 bridgehead atoms. The van der Waals surface area contributed by atoms with E-state index in [1.54, 1.807) is 10.9 Å². The maximum atomic E-state index is 10.4. The number of aromatic nitrogens is 3. The standard InChI is InChI=1S/C10H17N3O3/c1-2-16-7-3-6-13-8-9(11-12-13)4-5-10(14)15/h8H,2-7H2,1H3,(H,14,15). The summed E-state index contributed by atoms with van der Waals surface area (Å²) < 4.78 is 6.92. The van der Waals surface area contributed by atoms with Crippen molar-refractivity contribution in [3.8, 4) is 0 Å². The summed E-state index contributed by atoms with van der Waals surface area (Å²) in [7, 11) is 0. The van der Waals surface area contributed by atoms with E-state index in [0.717, 1.165) is 25.3 Å². The Morgan fingerprint density at radius 3 is 3.12 bits per heavy atom. The first kappa shape index (κ1) is 12.6. The smallest absolute Gasteiger partial charge is 0.303 e. The third-order valence-electron chi connectivity index (χ3n) is 2.06. The van der Waals surface area contributed by atoms with E-state index >= 15 is 0 Å². The zero-order chi connectivity index (χ0) is 11.8. The van der Waals surface area contributed by atoms with Crippen LogP contribution in [0.1, 0.15) is 25.5 Å². The topological polar surface area (TPSA) is 77.2 Å². The van der Waals surface area contributed by atoms with E-state index in [0.29, 0.717) is 13.0 Å². The van der Waals surface area contributed by atoms with E-state index in [-0.39, 0.29) is 6.42 Å². The van der Waals surface area contributed by atoms with Crippen LogP contribution in [0.3, 0.4) is 0 Å². The van der Waals surface area contributed by atoms with Crippen molar-refractivity contribution in [1.29, 1.82) is 0 Å². The van der Waals surface area contributed by atoms with Gasteiger partial charge in [0.25, 0.3) is 0 Å². The molecule has 0 aromatic carbocycles. The number of carboxylic acid groups (broad SMARTS) is 1. The molecule has 1 aromatic rings. The van der Waals surface area contributed by atoms with Gasteiger partial charge in [0, 0.05) is 32.4 Å². The number of carbonyl (C=O) groups is 1. The molecule has 0 saturated heterocycles. The molecule has 6 nitrogen and oxygen atoms in total. The summed E-state index contributed by atoms with van der Waals surface area (Å²) in [6, 6.07) is 0. The minimum atomic E-state index is -0.814. The second kappa shape index (κ2) is 6.95. The summed E-state index contributed by atoms with van der Waals surface area (Å²) >= 11 is 0. The average molecular weight is 227 g/mol. The molecule has 1 N–H and O–H groups in total. The second-order valence-corrected chi connectivity index (χ2v) is 3.42. The number of ether oxygens (including phenoxy) is 1. The van der Waals surface area contributed by atoms with Crippen molar-refractivity contribution < 1.29 is 14.6 Å². The maximum absolute atomic E-state index is 10.4. The highest BCUT2D eigenvalue weighted by atomic mass is 16.5. The molecular weight excluding hydrogens is 210 g/mol. The highest BCUT2D eigenvalue weighted by Crippen LogP contribution is 1.99. The van der Waals surface area contributed by atoms with E-state index in [2.05, 4.69) is 10.3 Å². The fourth-order valence-electron chi connectivity index (χ4n) is 1.27. The Morgan fingerprint density at radius 2 is 2.44 bits per heavy atom. The highest BCUT2D eigenvalue weighted by molar-refractivity contribution is 5.66. The molecule has 0 aliphatic rings. The number of carboxylic acids is 1. The lowest BCUT2D eigenvalue weighted by atomic mass is 10.2. The molecule has 6 heteroatoms. The van der Waals surface area contributed by atoms with Gasteiger partial charge in [0.1, 0.15) is 0 Å². The molecule has 0 amide bonds. The van der Waals surface area contributed by atoms with Crippen LogP contribution in [0.2, 0.25) is 0 Å². The largest absolute Gasteiger partial charge is 0.481 e. The van der Waals surface area contributed by atoms with Gasteiger partial charge in [-0.25, -0.2) is 0 Å².